The molecule has 5 heteroatoms. The van der Waals surface area contributed by atoms with Crippen molar-refractivity contribution in [3.63, 3.8) is 0 Å². The van der Waals surface area contributed by atoms with E-state index in [2.05, 4.69) is 27.7 Å². The van der Waals surface area contributed by atoms with Gasteiger partial charge in [-0.05, 0) is 18.4 Å². The van der Waals surface area contributed by atoms with Gasteiger partial charge in [-0.15, -0.1) is 12.4 Å². The molecule has 1 aliphatic heterocycles. The average Bonchev–Trinajstić information content (AvgIpc) is 2.49. The molecule has 0 spiro atoms. The van der Waals surface area contributed by atoms with Crippen molar-refractivity contribution in [2.45, 2.75) is 19.3 Å². The van der Waals surface area contributed by atoms with E-state index in [1.54, 1.807) is 0 Å². The zero-order valence-electron chi connectivity index (χ0n) is 12.5. The zero-order valence-corrected chi connectivity index (χ0v) is 13.3. The Labute approximate surface area is 133 Å². The zero-order chi connectivity index (χ0) is 14.0. The fourth-order valence-electron chi connectivity index (χ4n) is 2.47. The third kappa shape index (κ3) is 7.46. The van der Waals surface area contributed by atoms with E-state index in [0.717, 1.165) is 52.1 Å². The fourth-order valence-corrected chi connectivity index (χ4v) is 2.47. The molecule has 2 rings (SSSR count). The molecule has 118 valence electrons. The van der Waals surface area contributed by atoms with Gasteiger partial charge in [0.1, 0.15) is 0 Å². The molecule has 0 radical (unpaired) electrons. The molecular weight excluding hydrogens is 286 g/mol. The maximum atomic E-state index is 11.7. The Morgan fingerprint density at radius 1 is 1.19 bits per heavy atom. The number of nitrogens with zero attached hydrogens (tertiary/aromatic N) is 1. The minimum Gasteiger partial charge on any atom is -0.355 e. The SMILES string of the molecule is Cl.O=C(CCCc1ccccc1)NCCN1CCNCC1. The lowest BCUT2D eigenvalue weighted by molar-refractivity contribution is -0.121. The number of hydrogen-bond acceptors (Lipinski definition) is 3. The lowest BCUT2D eigenvalue weighted by Gasteiger charge is -2.27. The summed E-state index contributed by atoms with van der Waals surface area (Å²) in [6.07, 6.45) is 2.52. The second kappa shape index (κ2) is 10.6. The Balaban J connectivity index is 0.00000220. The minimum atomic E-state index is 0. The maximum absolute atomic E-state index is 11.7. The molecule has 21 heavy (non-hydrogen) atoms. The van der Waals surface area contributed by atoms with Crippen LogP contribution in [0.2, 0.25) is 0 Å². The molecule has 1 fully saturated rings. The van der Waals surface area contributed by atoms with E-state index < -0.39 is 0 Å². The van der Waals surface area contributed by atoms with Gasteiger partial charge in [0.25, 0.3) is 0 Å². The summed E-state index contributed by atoms with van der Waals surface area (Å²) in [5.74, 6) is 0.177. The number of carbonyl (C=O) groups is 1. The van der Waals surface area contributed by atoms with Crippen LogP contribution in [0.1, 0.15) is 18.4 Å². The van der Waals surface area contributed by atoms with Gasteiger partial charge in [0.2, 0.25) is 5.91 Å². The highest BCUT2D eigenvalue weighted by atomic mass is 35.5. The normalized spacial score (nSPS) is 15.2. The van der Waals surface area contributed by atoms with E-state index in [-0.39, 0.29) is 18.3 Å². The van der Waals surface area contributed by atoms with Crippen LogP contribution in [0.15, 0.2) is 30.3 Å². The van der Waals surface area contributed by atoms with E-state index in [1.165, 1.54) is 5.56 Å². The molecular formula is C16H26ClN3O. The van der Waals surface area contributed by atoms with Gasteiger partial charge in [-0.1, -0.05) is 30.3 Å². The summed E-state index contributed by atoms with van der Waals surface area (Å²) >= 11 is 0. The van der Waals surface area contributed by atoms with Gasteiger partial charge in [-0.25, -0.2) is 0 Å². The standard InChI is InChI=1S/C16H25N3O.ClH/c20-16(8-4-7-15-5-2-1-3-6-15)18-11-14-19-12-9-17-10-13-19;/h1-3,5-6,17H,4,7-14H2,(H,18,20);1H. The van der Waals surface area contributed by atoms with Gasteiger partial charge in [0.05, 0.1) is 0 Å². The first-order valence-electron chi connectivity index (χ1n) is 7.58. The molecule has 1 saturated heterocycles. The van der Waals surface area contributed by atoms with Gasteiger partial charge in [-0.2, -0.15) is 0 Å². The third-order valence-electron chi connectivity index (χ3n) is 3.67. The quantitative estimate of drug-likeness (QED) is 0.801. The Kier molecular flexibility index (Phi) is 9.06. The highest BCUT2D eigenvalue weighted by Crippen LogP contribution is 2.04. The van der Waals surface area contributed by atoms with Crippen LogP contribution in [0.5, 0.6) is 0 Å². The highest BCUT2D eigenvalue weighted by Gasteiger charge is 2.09. The van der Waals surface area contributed by atoms with Crippen molar-refractivity contribution in [1.29, 1.82) is 0 Å². The summed E-state index contributed by atoms with van der Waals surface area (Å²) < 4.78 is 0. The maximum Gasteiger partial charge on any atom is 0.220 e. The first-order chi connectivity index (χ1) is 9.84. The fraction of sp³-hybridized carbons (Fsp3) is 0.562. The van der Waals surface area contributed by atoms with Crippen LogP contribution in [0, 0.1) is 0 Å². The van der Waals surface area contributed by atoms with Crippen molar-refractivity contribution in [2.24, 2.45) is 0 Å². The number of aryl methyl sites for hydroxylation is 1. The molecule has 2 N–H and O–H groups in total. The number of hydrogen-bond donors (Lipinski definition) is 2. The van der Waals surface area contributed by atoms with Gasteiger partial charge in [0.15, 0.2) is 0 Å². The second-order valence-electron chi connectivity index (χ2n) is 5.28. The minimum absolute atomic E-state index is 0. The van der Waals surface area contributed by atoms with Crippen LogP contribution < -0.4 is 10.6 Å². The van der Waals surface area contributed by atoms with E-state index in [4.69, 9.17) is 0 Å². The molecule has 1 aliphatic rings. The molecule has 4 nitrogen and oxygen atoms in total. The third-order valence-corrected chi connectivity index (χ3v) is 3.67. The van der Waals surface area contributed by atoms with Crippen molar-refractivity contribution in [1.82, 2.24) is 15.5 Å². The van der Waals surface area contributed by atoms with Gasteiger partial charge in [0, 0.05) is 45.7 Å². The van der Waals surface area contributed by atoms with Crippen LogP contribution >= 0.6 is 12.4 Å². The Hall–Kier alpha value is -1.10. The lowest BCUT2D eigenvalue weighted by atomic mass is 10.1. The van der Waals surface area contributed by atoms with Crippen molar-refractivity contribution in [3.05, 3.63) is 35.9 Å². The van der Waals surface area contributed by atoms with Crippen molar-refractivity contribution in [3.8, 4) is 0 Å². The second-order valence-corrected chi connectivity index (χ2v) is 5.28. The smallest absolute Gasteiger partial charge is 0.220 e. The number of rotatable bonds is 7. The Morgan fingerprint density at radius 3 is 2.62 bits per heavy atom. The molecule has 0 aromatic heterocycles. The molecule has 0 saturated carbocycles. The summed E-state index contributed by atoms with van der Waals surface area (Å²) in [7, 11) is 0. The van der Waals surface area contributed by atoms with Crippen molar-refractivity contribution >= 4 is 18.3 Å². The predicted octanol–water partition coefficient (Wildman–Crippen LogP) is 1.45. The van der Waals surface area contributed by atoms with E-state index in [9.17, 15) is 4.79 Å². The summed E-state index contributed by atoms with van der Waals surface area (Å²) in [4.78, 5) is 14.1. The number of carbonyl (C=O) groups excluding carboxylic acids is 1. The van der Waals surface area contributed by atoms with Crippen molar-refractivity contribution < 1.29 is 4.79 Å². The number of piperazine rings is 1. The predicted molar refractivity (Wildman–Crippen MR) is 88.9 cm³/mol. The van der Waals surface area contributed by atoms with Gasteiger partial charge >= 0.3 is 0 Å². The van der Waals surface area contributed by atoms with Crippen LogP contribution in [-0.4, -0.2) is 50.1 Å². The molecule has 0 unspecified atom stereocenters. The number of halogens is 1. The monoisotopic (exact) mass is 311 g/mol. The summed E-state index contributed by atoms with van der Waals surface area (Å²) in [6.45, 7) is 6.03. The first kappa shape index (κ1) is 18.0. The molecule has 0 bridgehead atoms. The van der Waals surface area contributed by atoms with E-state index in [0.29, 0.717) is 6.42 Å². The summed E-state index contributed by atoms with van der Waals surface area (Å²) in [5, 5.41) is 6.34. The molecule has 0 aliphatic carbocycles. The molecule has 0 atom stereocenters. The van der Waals surface area contributed by atoms with Crippen LogP contribution in [0.25, 0.3) is 0 Å². The number of amides is 1. The average molecular weight is 312 g/mol. The molecule has 1 heterocycles. The lowest BCUT2D eigenvalue weighted by Crippen LogP contribution is -2.46. The molecule has 1 aromatic carbocycles. The van der Waals surface area contributed by atoms with Gasteiger partial charge in [-0.3, -0.25) is 9.69 Å². The topological polar surface area (TPSA) is 44.4 Å². The first-order valence-corrected chi connectivity index (χ1v) is 7.58. The van der Waals surface area contributed by atoms with Crippen LogP contribution in [-0.2, 0) is 11.2 Å². The Bertz CT molecular complexity index is 394. The van der Waals surface area contributed by atoms with E-state index >= 15 is 0 Å². The van der Waals surface area contributed by atoms with Crippen molar-refractivity contribution in [2.75, 3.05) is 39.3 Å². The molecule has 1 amide bonds. The van der Waals surface area contributed by atoms with Gasteiger partial charge < -0.3 is 10.6 Å². The van der Waals surface area contributed by atoms with Crippen LogP contribution in [0.4, 0.5) is 0 Å². The number of benzene rings is 1. The summed E-state index contributed by atoms with van der Waals surface area (Å²) in [6, 6.07) is 10.3. The van der Waals surface area contributed by atoms with E-state index in [1.807, 2.05) is 18.2 Å². The number of nitrogens with one attached hydrogen (secondary N) is 2. The largest absolute Gasteiger partial charge is 0.355 e. The molecule has 1 aromatic rings. The highest BCUT2D eigenvalue weighted by molar-refractivity contribution is 5.85. The summed E-state index contributed by atoms with van der Waals surface area (Å²) in [5.41, 5.74) is 1.31. The Morgan fingerprint density at radius 2 is 1.90 bits per heavy atom. The van der Waals surface area contributed by atoms with Crippen LogP contribution in [0.3, 0.4) is 0 Å².